The molecule has 26 heavy (non-hydrogen) atoms. The zero-order valence-corrected chi connectivity index (χ0v) is 14.8. The molecular weight excluding hydrogens is 316 g/mol. The van der Waals surface area contributed by atoms with E-state index in [4.69, 9.17) is 4.42 Å². The van der Waals surface area contributed by atoms with Gasteiger partial charge in [-0.3, -0.25) is 0 Å². The Morgan fingerprint density at radius 3 is 2.31 bits per heavy atom. The molecule has 1 atom stereocenters. The largest absolute Gasteiger partial charge is 0.459 e. The highest BCUT2D eigenvalue weighted by Gasteiger charge is 2.30. The van der Waals surface area contributed by atoms with Crippen LogP contribution in [0.4, 0.5) is 0 Å². The van der Waals surface area contributed by atoms with E-state index >= 15 is 0 Å². The number of aryl methyl sites for hydroxylation is 1. The molecule has 0 spiro atoms. The predicted molar refractivity (Wildman–Crippen MR) is 107 cm³/mol. The number of hydrogen-bond acceptors (Lipinski definition) is 1. The third-order valence-corrected chi connectivity index (χ3v) is 5.37. The van der Waals surface area contributed by atoms with Crippen molar-refractivity contribution in [1.82, 2.24) is 0 Å². The van der Waals surface area contributed by atoms with Crippen molar-refractivity contribution < 1.29 is 4.42 Å². The normalized spacial score (nSPS) is 16.3. The summed E-state index contributed by atoms with van der Waals surface area (Å²) in [7, 11) is 0. The maximum absolute atomic E-state index is 6.50. The van der Waals surface area contributed by atoms with Crippen molar-refractivity contribution in [2.75, 3.05) is 0 Å². The van der Waals surface area contributed by atoms with Gasteiger partial charge in [-0.05, 0) is 35.6 Å². The molecule has 0 saturated carbocycles. The van der Waals surface area contributed by atoms with Gasteiger partial charge in [-0.2, -0.15) is 0 Å². The summed E-state index contributed by atoms with van der Waals surface area (Å²) in [5.74, 6) is 1.37. The van der Waals surface area contributed by atoms with Crippen LogP contribution in [-0.2, 0) is 0 Å². The average Bonchev–Trinajstić information content (AvgIpc) is 3.10. The van der Waals surface area contributed by atoms with Crippen LogP contribution in [0.1, 0.15) is 40.4 Å². The van der Waals surface area contributed by atoms with Crippen LogP contribution in [0.15, 0.2) is 89.4 Å². The van der Waals surface area contributed by atoms with Crippen LogP contribution in [0.2, 0.25) is 0 Å². The number of fused-ring (bicyclic) bond motifs is 3. The van der Waals surface area contributed by atoms with Crippen molar-refractivity contribution in [3.63, 3.8) is 0 Å². The molecule has 0 N–H and O–H groups in total. The molecule has 1 heteroatoms. The topological polar surface area (TPSA) is 13.1 Å². The Morgan fingerprint density at radius 1 is 0.808 bits per heavy atom. The Kier molecular flexibility index (Phi) is 3.53. The summed E-state index contributed by atoms with van der Waals surface area (Å²) in [4.78, 5) is 0. The molecule has 126 valence electrons. The summed E-state index contributed by atoms with van der Waals surface area (Å²) in [6, 6.07) is 27.8. The summed E-state index contributed by atoms with van der Waals surface area (Å²) in [6.45, 7) is 2.13. The number of hydrogen-bond donors (Lipinski definition) is 0. The van der Waals surface area contributed by atoms with E-state index in [1.54, 1.807) is 0 Å². The van der Waals surface area contributed by atoms with E-state index in [1.165, 1.54) is 33.2 Å². The Balaban J connectivity index is 1.79. The summed E-state index contributed by atoms with van der Waals surface area (Å²) in [5.41, 5.74) is 7.32. The minimum atomic E-state index is 0.269. The van der Waals surface area contributed by atoms with Crippen molar-refractivity contribution in [2.45, 2.75) is 19.3 Å². The van der Waals surface area contributed by atoms with E-state index < -0.39 is 0 Å². The zero-order valence-electron chi connectivity index (χ0n) is 14.8. The average molecular weight is 336 g/mol. The SMILES string of the molecule is Cc1cccc2c3c(oc12)C(c1ccccc1)CC=C3c1ccccc1. The van der Waals surface area contributed by atoms with Gasteiger partial charge < -0.3 is 4.42 Å². The minimum absolute atomic E-state index is 0.269. The standard InChI is InChI=1S/C25H20O/c1-17-9-8-14-22-23-20(18-10-4-2-5-11-18)15-16-21(25(23)26-24(17)22)19-12-6-3-7-13-19/h2-15,21H,16H2,1H3. The van der Waals surface area contributed by atoms with Gasteiger partial charge in [-0.25, -0.2) is 0 Å². The minimum Gasteiger partial charge on any atom is -0.459 e. The fraction of sp³-hybridized carbons (Fsp3) is 0.120. The monoisotopic (exact) mass is 336 g/mol. The molecule has 1 nitrogen and oxygen atoms in total. The van der Waals surface area contributed by atoms with Crippen LogP contribution in [0, 0.1) is 6.92 Å². The van der Waals surface area contributed by atoms with Crippen LogP contribution in [-0.4, -0.2) is 0 Å². The lowest BCUT2D eigenvalue weighted by molar-refractivity contribution is 0.514. The molecule has 0 bridgehead atoms. The van der Waals surface area contributed by atoms with E-state index in [0.29, 0.717) is 0 Å². The summed E-state index contributed by atoms with van der Waals surface area (Å²) < 4.78 is 6.50. The molecule has 1 aromatic heterocycles. The van der Waals surface area contributed by atoms with Gasteiger partial charge in [-0.1, -0.05) is 84.9 Å². The summed E-state index contributed by atoms with van der Waals surface area (Å²) >= 11 is 0. The number of benzene rings is 3. The third kappa shape index (κ3) is 2.32. The Hall–Kier alpha value is -3.06. The Labute approximate surface area is 153 Å². The van der Waals surface area contributed by atoms with Crippen molar-refractivity contribution in [3.05, 3.63) is 113 Å². The van der Waals surface area contributed by atoms with Crippen LogP contribution in [0.25, 0.3) is 16.5 Å². The third-order valence-electron chi connectivity index (χ3n) is 5.37. The van der Waals surface area contributed by atoms with Gasteiger partial charge in [0.05, 0.1) is 0 Å². The molecule has 1 aliphatic rings. The first kappa shape index (κ1) is 15.2. The van der Waals surface area contributed by atoms with E-state index in [9.17, 15) is 0 Å². The molecule has 1 unspecified atom stereocenters. The highest BCUT2D eigenvalue weighted by atomic mass is 16.3. The first-order chi connectivity index (χ1) is 12.8. The lowest BCUT2D eigenvalue weighted by atomic mass is 9.81. The maximum Gasteiger partial charge on any atom is 0.137 e. The van der Waals surface area contributed by atoms with Gasteiger partial charge in [0.15, 0.2) is 0 Å². The molecule has 5 rings (SSSR count). The van der Waals surface area contributed by atoms with Crippen LogP contribution in [0.3, 0.4) is 0 Å². The zero-order chi connectivity index (χ0) is 17.5. The van der Waals surface area contributed by atoms with Gasteiger partial charge >= 0.3 is 0 Å². The molecule has 0 aliphatic heterocycles. The second-order valence-corrected chi connectivity index (χ2v) is 6.98. The Bertz CT molecular complexity index is 1100. The second kappa shape index (κ2) is 6.03. The fourth-order valence-electron chi connectivity index (χ4n) is 4.10. The van der Waals surface area contributed by atoms with Crippen LogP contribution < -0.4 is 0 Å². The summed E-state index contributed by atoms with van der Waals surface area (Å²) in [5, 5.41) is 1.22. The smallest absolute Gasteiger partial charge is 0.137 e. The van der Waals surface area contributed by atoms with Gasteiger partial charge in [0, 0.05) is 16.9 Å². The fourth-order valence-corrected chi connectivity index (χ4v) is 4.10. The van der Waals surface area contributed by atoms with Crippen LogP contribution >= 0.6 is 0 Å². The summed E-state index contributed by atoms with van der Waals surface area (Å²) in [6.07, 6.45) is 3.34. The van der Waals surface area contributed by atoms with Crippen molar-refractivity contribution >= 4 is 16.5 Å². The maximum atomic E-state index is 6.50. The molecule has 0 fully saturated rings. The van der Waals surface area contributed by atoms with Gasteiger partial charge in [0.1, 0.15) is 11.3 Å². The highest BCUT2D eigenvalue weighted by molar-refractivity contribution is 5.99. The molecule has 1 heterocycles. The lowest BCUT2D eigenvalue weighted by Gasteiger charge is -2.22. The molecule has 4 aromatic rings. The number of allylic oxidation sites excluding steroid dienone is 1. The van der Waals surface area contributed by atoms with E-state index in [1.807, 2.05) is 0 Å². The van der Waals surface area contributed by atoms with Crippen molar-refractivity contribution in [2.24, 2.45) is 0 Å². The molecule has 3 aromatic carbocycles. The molecule has 0 radical (unpaired) electrons. The lowest BCUT2D eigenvalue weighted by Crippen LogP contribution is -2.07. The number of rotatable bonds is 2. The predicted octanol–water partition coefficient (Wildman–Crippen LogP) is 6.71. The van der Waals surface area contributed by atoms with E-state index in [0.717, 1.165) is 17.8 Å². The van der Waals surface area contributed by atoms with E-state index in [-0.39, 0.29) is 5.92 Å². The first-order valence-electron chi connectivity index (χ1n) is 9.16. The van der Waals surface area contributed by atoms with Crippen LogP contribution in [0.5, 0.6) is 0 Å². The quantitative estimate of drug-likeness (QED) is 0.396. The molecule has 0 amide bonds. The van der Waals surface area contributed by atoms with Gasteiger partial charge in [0.25, 0.3) is 0 Å². The van der Waals surface area contributed by atoms with Gasteiger partial charge in [-0.15, -0.1) is 0 Å². The van der Waals surface area contributed by atoms with Gasteiger partial charge in [0.2, 0.25) is 0 Å². The molecule has 1 aliphatic carbocycles. The van der Waals surface area contributed by atoms with Crippen molar-refractivity contribution in [1.29, 1.82) is 0 Å². The first-order valence-corrected chi connectivity index (χ1v) is 9.16. The number of furan rings is 1. The van der Waals surface area contributed by atoms with Crippen molar-refractivity contribution in [3.8, 4) is 0 Å². The Morgan fingerprint density at radius 2 is 1.54 bits per heavy atom. The highest BCUT2D eigenvalue weighted by Crippen LogP contribution is 2.46. The van der Waals surface area contributed by atoms with E-state index in [2.05, 4.69) is 91.9 Å². The molecule has 0 saturated heterocycles. The number of para-hydroxylation sites is 1. The molecular formula is C25H20O. The second-order valence-electron chi connectivity index (χ2n) is 6.98.